The monoisotopic (exact) mass is 321 g/mol. The van der Waals surface area contributed by atoms with Gasteiger partial charge in [0, 0.05) is 26.1 Å². The lowest BCUT2D eigenvalue weighted by atomic mass is 9.90. The molecule has 3 atom stereocenters. The summed E-state index contributed by atoms with van der Waals surface area (Å²) >= 11 is 0. The van der Waals surface area contributed by atoms with Gasteiger partial charge in [0.2, 0.25) is 5.91 Å². The molecule has 0 aliphatic carbocycles. The lowest BCUT2D eigenvalue weighted by Gasteiger charge is -2.36. The van der Waals surface area contributed by atoms with Crippen LogP contribution in [0.2, 0.25) is 0 Å². The van der Waals surface area contributed by atoms with Gasteiger partial charge < -0.3 is 10.0 Å². The molecule has 1 aliphatic rings. The van der Waals surface area contributed by atoms with Crippen LogP contribution in [0.5, 0.6) is 0 Å². The van der Waals surface area contributed by atoms with Crippen LogP contribution in [-0.4, -0.2) is 36.1 Å². The zero-order chi connectivity index (χ0) is 17.8. The van der Waals surface area contributed by atoms with Crippen LogP contribution in [0, 0.1) is 17.8 Å². The van der Waals surface area contributed by atoms with Crippen molar-refractivity contribution in [3.05, 3.63) is 35.9 Å². The van der Waals surface area contributed by atoms with Crippen molar-refractivity contribution in [1.29, 1.82) is 0 Å². The Bertz CT molecular complexity index is 409. The molecule has 1 saturated heterocycles. The van der Waals surface area contributed by atoms with Crippen molar-refractivity contribution in [2.75, 3.05) is 20.2 Å². The van der Waals surface area contributed by atoms with Crippen molar-refractivity contribution >= 4 is 5.91 Å². The number of hydrogen-bond donors (Lipinski definition) is 1. The normalized spacial score (nSPS) is 21.3. The Morgan fingerprint density at radius 3 is 2.09 bits per heavy atom. The fraction of sp³-hybridized carbons (Fsp3) is 0.650. The molecule has 0 spiro atoms. The Balaban J connectivity index is 0.00000112. The van der Waals surface area contributed by atoms with Crippen LogP contribution in [0.15, 0.2) is 30.3 Å². The Morgan fingerprint density at radius 1 is 1.13 bits per heavy atom. The van der Waals surface area contributed by atoms with Crippen LogP contribution < -0.4 is 0 Å². The van der Waals surface area contributed by atoms with Crippen molar-refractivity contribution in [2.45, 2.75) is 47.5 Å². The number of piperidine rings is 1. The summed E-state index contributed by atoms with van der Waals surface area (Å²) in [6.45, 7) is 12.4. The average molecular weight is 322 g/mol. The van der Waals surface area contributed by atoms with E-state index in [4.69, 9.17) is 5.11 Å². The van der Waals surface area contributed by atoms with Gasteiger partial charge in [-0.2, -0.15) is 0 Å². The number of likely N-dealkylation sites (tertiary alicyclic amines) is 1. The van der Waals surface area contributed by atoms with E-state index in [1.807, 2.05) is 32.0 Å². The summed E-state index contributed by atoms with van der Waals surface area (Å²) in [7, 11) is 1.00. The number of nitrogens with zero attached hydrogens (tertiary/aromatic N) is 1. The summed E-state index contributed by atoms with van der Waals surface area (Å²) in [5.41, 5.74) is 1.25. The fourth-order valence-corrected chi connectivity index (χ4v) is 3.21. The maximum Gasteiger partial charge on any atom is 0.225 e. The average Bonchev–Trinajstić information content (AvgIpc) is 2.58. The molecule has 3 nitrogen and oxygen atoms in total. The first-order valence-corrected chi connectivity index (χ1v) is 8.83. The van der Waals surface area contributed by atoms with E-state index < -0.39 is 0 Å². The van der Waals surface area contributed by atoms with Crippen LogP contribution in [0.3, 0.4) is 0 Å². The number of benzene rings is 1. The van der Waals surface area contributed by atoms with Crippen LogP contribution in [-0.2, 0) is 11.2 Å². The van der Waals surface area contributed by atoms with Gasteiger partial charge >= 0.3 is 0 Å². The van der Waals surface area contributed by atoms with Crippen LogP contribution in [0.25, 0.3) is 0 Å². The van der Waals surface area contributed by atoms with E-state index in [2.05, 4.69) is 37.8 Å². The van der Waals surface area contributed by atoms with Gasteiger partial charge in [0.05, 0.1) is 0 Å². The minimum Gasteiger partial charge on any atom is -0.400 e. The molecule has 2 rings (SSSR count). The molecule has 0 bridgehead atoms. The highest BCUT2D eigenvalue weighted by Crippen LogP contribution is 2.23. The molecule has 1 heterocycles. The Kier molecular flexibility index (Phi) is 11.4. The van der Waals surface area contributed by atoms with E-state index in [9.17, 15) is 4.79 Å². The molecule has 0 radical (unpaired) electrons. The second-order valence-corrected chi connectivity index (χ2v) is 6.28. The van der Waals surface area contributed by atoms with Crippen molar-refractivity contribution in [2.24, 2.45) is 17.8 Å². The van der Waals surface area contributed by atoms with E-state index in [0.717, 1.165) is 26.6 Å². The van der Waals surface area contributed by atoms with Gasteiger partial charge in [-0.1, -0.05) is 65.0 Å². The summed E-state index contributed by atoms with van der Waals surface area (Å²) in [4.78, 5) is 14.6. The van der Waals surface area contributed by atoms with E-state index in [0.29, 0.717) is 17.7 Å². The zero-order valence-electron chi connectivity index (χ0n) is 15.7. The van der Waals surface area contributed by atoms with Crippen LogP contribution >= 0.6 is 0 Å². The van der Waals surface area contributed by atoms with Crippen molar-refractivity contribution < 1.29 is 9.90 Å². The summed E-state index contributed by atoms with van der Waals surface area (Å²) in [5.74, 6) is 1.68. The van der Waals surface area contributed by atoms with Crippen LogP contribution in [0.4, 0.5) is 0 Å². The van der Waals surface area contributed by atoms with E-state index in [1.54, 1.807) is 0 Å². The van der Waals surface area contributed by atoms with Gasteiger partial charge in [-0.3, -0.25) is 4.79 Å². The minimum absolute atomic E-state index is 0.0832. The maximum atomic E-state index is 12.5. The summed E-state index contributed by atoms with van der Waals surface area (Å²) in [6.07, 6.45) is 2.09. The molecule has 3 unspecified atom stereocenters. The molecular formula is C20H35NO2. The number of carbonyl (C=O) groups excluding carboxylic acids is 1. The highest BCUT2D eigenvalue weighted by atomic mass is 16.2. The minimum atomic E-state index is 0.0832. The third-order valence-corrected chi connectivity index (χ3v) is 3.99. The predicted molar refractivity (Wildman–Crippen MR) is 98.3 cm³/mol. The first-order valence-electron chi connectivity index (χ1n) is 8.83. The number of amides is 1. The van der Waals surface area contributed by atoms with Crippen LogP contribution in [0.1, 0.15) is 46.6 Å². The number of carbonyl (C=O) groups is 1. The lowest BCUT2D eigenvalue weighted by molar-refractivity contribution is -0.137. The molecule has 1 fully saturated rings. The fourth-order valence-electron chi connectivity index (χ4n) is 3.21. The zero-order valence-corrected chi connectivity index (χ0v) is 15.7. The lowest BCUT2D eigenvalue weighted by Crippen LogP contribution is -2.45. The first-order chi connectivity index (χ1) is 11.1. The topological polar surface area (TPSA) is 40.5 Å². The SMILES string of the molecule is CC.CC1CC(C)CN(C(=O)C(C)Cc2ccccc2)C1.CO. The molecule has 3 heteroatoms. The number of aliphatic hydroxyl groups excluding tert-OH is 1. The predicted octanol–water partition coefficient (Wildman–Crippen LogP) is 4.00. The first kappa shape index (κ1) is 21.6. The maximum absolute atomic E-state index is 12.5. The Hall–Kier alpha value is -1.35. The number of aliphatic hydroxyl groups is 1. The highest BCUT2D eigenvalue weighted by Gasteiger charge is 2.28. The number of hydrogen-bond acceptors (Lipinski definition) is 2. The van der Waals surface area contributed by atoms with Gasteiger partial charge in [-0.25, -0.2) is 0 Å². The van der Waals surface area contributed by atoms with Gasteiger partial charge in [0.15, 0.2) is 0 Å². The van der Waals surface area contributed by atoms with E-state index in [1.165, 1.54) is 12.0 Å². The molecule has 132 valence electrons. The molecule has 1 aromatic carbocycles. The highest BCUT2D eigenvalue weighted by molar-refractivity contribution is 5.79. The molecule has 0 saturated carbocycles. The largest absolute Gasteiger partial charge is 0.400 e. The molecule has 23 heavy (non-hydrogen) atoms. The summed E-state index contributed by atoms with van der Waals surface area (Å²) in [5, 5.41) is 7.00. The summed E-state index contributed by atoms with van der Waals surface area (Å²) < 4.78 is 0. The number of rotatable bonds is 3. The third kappa shape index (κ3) is 7.65. The van der Waals surface area contributed by atoms with E-state index in [-0.39, 0.29) is 5.92 Å². The Morgan fingerprint density at radius 2 is 1.61 bits per heavy atom. The van der Waals surface area contributed by atoms with Crippen molar-refractivity contribution in [3.63, 3.8) is 0 Å². The van der Waals surface area contributed by atoms with Gasteiger partial charge in [-0.15, -0.1) is 0 Å². The standard InChI is InChI=1S/C17H25NO.C2H6.CH4O/c1-13-9-14(2)12-18(11-13)17(19)15(3)10-16-7-5-4-6-8-16;2*1-2/h4-8,13-15H,9-12H2,1-3H3;1-2H3;2H,1H3. The van der Waals surface area contributed by atoms with Gasteiger partial charge in [0.25, 0.3) is 0 Å². The third-order valence-electron chi connectivity index (χ3n) is 3.99. The molecule has 1 amide bonds. The van der Waals surface area contributed by atoms with Gasteiger partial charge in [-0.05, 0) is 30.2 Å². The second-order valence-electron chi connectivity index (χ2n) is 6.28. The van der Waals surface area contributed by atoms with Gasteiger partial charge in [0.1, 0.15) is 0 Å². The second kappa shape index (κ2) is 12.1. The molecular weight excluding hydrogens is 286 g/mol. The molecule has 1 aliphatic heterocycles. The smallest absolute Gasteiger partial charge is 0.225 e. The molecule has 1 N–H and O–H groups in total. The van der Waals surface area contributed by atoms with E-state index >= 15 is 0 Å². The Labute approximate surface area is 142 Å². The quantitative estimate of drug-likeness (QED) is 0.914. The van der Waals surface area contributed by atoms with Crippen molar-refractivity contribution in [1.82, 2.24) is 4.90 Å². The summed E-state index contributed by atoms with van der Waals surface area (Å²) in [6, 6.07) is 10.3. The van der Waals surface area contributed by atoms with Crippen molar-refractivity contribution in [3.8, 4) is 0 Å². The molecule has 0 aromatic heterocycles. The molecule has 1 aromatic rings.